The first kappa shape index (κ1) is 15.0. The number of fused-ring (bicyclic) bond motifs is 1. The molecule has 0 saturated heterocycles. The van der Waals surface area contributed by atoms with Gasteiger partial charge < -0.3 is 19.4 Å². The van der Waals surface area contributed by atoms with E-state index in [2.05, 4.69) is 40.3 Å². The molecule has 2 rings (SSSR count). The molecule has 0 fully saturated rings. The van der Waals surface area contributed by atoms with Crippen LogP contribution < -0.4 is 5.32 Å². The van der Waals surface area contributed by atoms with Crippen molar-refractivity contribution in [2.75, 3.05) is 34.0 Å². The standard InChI is InChI=1S/C16H24N2O2/c1-17-12-14-13-18(8-5-9-20-11-10-19-2)16-7-4-3-6-15(14)16/h3-4,6-7,13,17H,5,8-12H2,1-2H3. The van der Waals surface area contributed by atoms with Crippen molar-refractivity contribution in [3.05, 3.63) is 36.0 Å². The maximum atomic E-state index is 5.51. The van der Waals surface area contributed by atoms with Gasteiger partial charge in [-0.25, -0.2) is 0 Å². The van der Waals surface area contributed by atoms with Gasteiger partial charge in [-0.15, -0.1) is 0 Å². The van der Waals surface area contributed by atoms with Crippen molar-refractivity contribution in [1.82, 2.24) is 9.88 Å². The smallest absolute Gasteiger partial charge is 0.0700 e. The van der Waals surface area contributed by atoms with Crippen molar-refractivity contribution < 1.29 is 9.47 Å². The van der Waals surface area contributed by atoms with Gasteiger partial charge in [0.2, 0.25) is 0 Å². The Bertz CT molecular complexity index is 522. The van der Waals surface area contributed by atoms with Crippen LogP contribution in [-0.2, 0) is 22.6 Å². The van der Waals surface area contributed by atoms with Gasteiger partial charge in [-0.2, -0.15) is 0 Å². The molecule has 0 saturated carbocycles. The summed E-state index contributed by atoms with van der Waals surface area (Å²) in [6.07, 6.45) is 3.26. The molecule has 0 radical (unpaired) electrons. The zero-order chi connectivity index (χ0) is 14.2. The van der Waals surface area contributed by atoms with Crippen LogP contribution in [0.15, 0.2) is 30.5 Å². The van der Waals surface area contributed by atoms with E-state index in [1.165, 1.54) is 16.5 Å². The van der Waals surface area contributed by atoms with Crippen LogP contribution in [0.3, 0.4) is 0 Å². The first-order valence-corrected chi connectivity index (χ1v) is 7.15. The molecule has 0 aliphatic rings. The lowest BCUT2D eigenvalue weighted by atomic mass is 10.2. The lowest BCUT2D eigenvalue weighted by molar-refractivity contribution is 0.0681. The summed E-state index contributed by atoms with van der Waals surface area (Å²) >= 11 is 0. The fourth-order valence-corrected chi connectivity index (χ4v) is 2.42. The molecule has 0 aliphatic carbocycles. The van der Waals surface area contributed by atoms with E-state index >= 15 is 0 Å². The average molecular weight is 276 g/mol. The number of aromatic nitrogens is 1. The Hall–Kier alpha value is -1.36. The molecule has 4 heteroatoms. The third kappa shape index (κ3) is 3.82. The van der Waals surface area contributed by atoms with E-state index in [0.29, 0.717) is 13.2 Å². The highest BCUT2D eigenvalue weighted by Gasteiger charge is 2.06. The van der Waals surface area contributed by atoms with Crippen molar-refractivity contribution in [2.45, 2.75) is 19.5 Å². The molecule has 110 valence electrons. The first-order valence-electron chi connectivity index (χ1n) is 7.15. The SMILES string of the molecule is CNCc1cn(CCCOCCOC)c2ccccc12. The second kappa shape index (κ2) is 8.04. The Balaban J connectivity index is 1.95. The molecular formula is C16H24N2O2. The molecule has 0 spiro atoms. The molecule has 1 heterocycles. The van der Waals surface area contributed by atoms with Crippen molar-refractivity contribution >= 4 is 10.9 Å². The summed E-state index contributed by atoms with van der Waals surface area (Å²) in [7, 11) is 3.67. The van der Waals surface area contributed by atoms with E-state index in [9.17, 15) is 0 Å². The highest BCUT2D eigenvalue weighted by Crippen LogP contribution is 2.21. The molecule has 20 heavy (non-hydrogen) atoms. The number of hydrogen-bond acceptors (Lipinski definition) is 3. The number of benzene rings is 1. The molecule has 1 N–H and O–H groups in total. The van der Waals surface area contributed by atoms with E-state index in [1.807, 2.05) is 7.05 Å². The normalized spacial score (nSPS) is 11.3. The summed E-state index contributed by atoms with van der Waals surface area (Å²) in [4.78, 5) is 0. The van der Waals surface area contributed by atoms with Crippen LogP contribution in [0.5, 0.6) is 0 Å². The minimum Gasteiger partial charge on any atom is -0.382 e. The fraction of sp³-hybridized carbons (Fsp3) is 0.500. The predicted octanol–water partition coefficient (Wildman–Crippen LogP) is 2.41. The van der Waals surface area contributed by atoms with Crippen LogP contribution in [-0.4, -0.2) is 38.5 Å². The van der Waals surface area contributed by atoms with Gasteiger partial charge in [0.1, 0.15) is 0 Å². The largest absolute Gasteiger partial charge is 0.382 e. The Morgan fingerprint density at radius 3 is 2.80 bits per heavy atom. The van der Waals surface area contributed by atoms with Crippen molar-refractivity contribution in [3.63, 3.8) is 0 Å². The van der Waals surface area contributed by atoms with Gasteiger partial charge in [-0.1, -0.05) is 18.2 Å². The van der Waals surface area contributed by atoms with Gasteiger partial charge in [-0.3, -0.25) is 0 Å². The minimum atomic E-state index is 0.665. The summed E-state index contributed by atoms with van der Waals surface area (Å²) in [5.41, 5.74) is 2.65. The average Bonchev–Trinajstić information content (AvgIpc) is 2.82. The number of para-hydroxylation sites is 1. The van der Waals surface area contributed by atoms with E-state index in [0.717, 1.165) is 26.1 Å². The van der Waals surface area contributed by atoms with Crippen LogP contribution in [0.25, 0.3) is 10.9 Å². The third-order valence-corrected chi connectivity index (χ3v) is 3.36. The topological polar surface area (TPSA) is 35.4 Å². The molecule has 0 atom stereocenters. The second-order valence-corrected chi connectivity index (χ2v) is 4.85. The molecule has 1 aromatic heterocycles. The van der Waals surface area contributed by atoms with Gasteiger partial charge in [0.25, 0.3) is 0 Å². The Morgan fingerprint density at radius 2 is 2.00 bits per heavy atom. The maximum Gasteiger partial charge on any atom is 0.0700 e. The Labute approximate surface area is 120 Å². The minimum absolute atomic E-state index is 0.665. The molecule has 2 aromatic rings. The monoisotopic (exact) mass is 276 g/mol. The molecule has 0 bridgehead atoms. The summed E-state index contributed by atoms with van der Waals surface area (Å²) in [6.45, 7) is 4.00. The maximum absolute atomic E-state index is 5.51. The summed E-state index contributed by atoms with van der Waals surface area (Å²) in [6, 6.07) is 8.56. The number of ether oxygens (including phenoxy) is 2. The summed E-state index contributed by atoms with van der Waals surface area (Å²) in [5, 5.41) is 4.56. The highest BCUT2D eigenvalue weighted by atomic mass is 16.5. The van der Waals surface area contributed by atoms with E-state index in [4.69, 9.17) is 9.47 Å². The summed E-state index contributed by atoms with van der Waals surface area (Å²) < 4.78 is 12.8. The molecule has 0 unspecified atom stereocenters. The van der Waals surface area contributed by atoms with Gasteiger partial charge in [-0.05, 0) is 25.1 Å². The van der Waals surface area contributed by atoms with Crippen molar-refractivity contribution in [2.24, 2.45) is 0 Å². The van der Waals surface area contributed by atoms with Crippen molar-refractivity contribution in [1.29, 1.82) is 0 Å². The van der Waals surface area contributed by atoms with Gasteiger partial charge >= 0.3 is 0 Å². The van der Waals surface area contributed by atoms with Crippen LogP contribution in [0, 0.1) is 0 Å². The first-order chi connectivity index (χ1) is 9.86. The lowest BCUT2D eigenvalue weighted by Crippen LogP contribution is -2.06. The quantitative estimate of drug-likeness (QED) is 0.714. The van der Waals surface area contributed by atoms with Crippen LogP contribution >= 0.6 is 0 Å². The molecular weight excluding hydrogens is 252 g/mol. The van der Waals surface area contributed by atoms with Crippen LogP contribution in [0.1, 0.15) is 12.0 Å². The lowest BCUT2D eigenvalue weighted by Gasteiger charge is -2.06. The molecule has 0 aliphatic heterocycles. The predicted molar refractivity (Wildman–Crippen MR) is 82.0 cm³/mol. The van der Waals surface area contributed by atoms with E-state index in [1.54, 1.807) is 7.11 Å². The number of aryl methyl sites for hydroxylation is 1. The van der Waals surface area contributed by atoms with Crippen molar-refractivity contribution in [3.8, 4) is 0 Å². The van der Waals surface area contributed by atoms with Gasteiger partial charge in [0.05, 0.1) is 13.2 Å². The number of nitrogens with zero attached hydrogens (tertiary/aromatic N) is 1. The van der Waals surface area contributed by atoms with Gasteiger partial charge in [0.15, 0.2) is 0 Å². The van der Waals surface area contributed by atoms with Crippen LogP contribution in [0.2, 0.25) is 0 Å². The third-order valence-electron chi connectivity index (χ3n) is 3.36. The van der Waals surface area contributed by atoms with Crippen LogP contribution in [0.4, 0.5) is 0 Å². The molecule has 1 aromatic carbocycles. The number of rotatable bonds is 9. The fourth-order valence-electron chi connectivity index (χ4n) is 2.42. The highest BCUT2D eigenvalue weighted by molar-refractivity contribution is 5.83. The second-order valence-electron chi connectivity index (χ2n) is 4.85. The zero-order valence-corrected chi connectivity index (χ0v) is 12.4. The Morgan fingerprint density at radius 1 is 1.15 bits per heavy atom. The number of hydrogen-bond donors (Lipinski definition) is 1. The number of methoxy groups -OCH3 is 1. The Kier molecular flexibility index (Phi) is 6.05. The molecule has 4 nitrogen and oxygen atoms in total. The summed E-state index contributed by atoms with van der Waals surface area (Å²) in [5.74, 6) is 0. The van der Waals surface area contributed by atoms with E-state index in [-0.39, 0.29) is 0 Å². The van der Waals surface area contributed by atoms with Gasteiger partial charge in [0, 0.05) is 43.9 Å². The zero-order valence-electron chi connectivity index (χ0n) is 12.4. The molecule has 0 amide bonds. The van der Waals surface area contributed by atoms with E-state index < -0.39 is 0 Å². The number of nitrogens with one attached hydrogen (secondary N) is 1.